The van der Waals surface area contributed by atoms with Crippen molar-refractivity contribution in [1.82, 2.24) is 41.5 Å². The van der Waals surface area contributed by atoms with E-state index in [-0.39, 0.29) is 72.0 Å². The molecule has 4 aromatic rings. The van der Waals surface area contributed by atoms with E-state index in [1.807, 2.05) is 114 Å². The number of amides is 4. The Balaban J connectivity index is 0.000000297. The molecule has 6 heterocycles. The molecule has 0 aliphatic carbocycles. The number of nitrogens with zero attached hydrogens (tertiary/aromatic N) is 4. The van der Waals surface area contributed by atoms with Crippen LogP contribution < -0.4 is 21.5 Å². The van der Waals surface area contributed by atoms with Gasteiger partial charge in [0.15, 0.2) is 0 Å². The summed E-state index contributed by atoms with van der Waals surface area (Å²) in [5, 5.41) is 19.7. The molecule has 0 spiro atoms. The van der Waals surface area contributed by atoms with Gasteiger partial charge in [0.25, 0.3) is 11.8 Å². The summed E-state index contributed by atoms with van der Waals surface area (Å²) in [6.07, 6.45) is 11.8. The lowest BCUT2D eigenvalue weighted by atomic mass is 9.79. The van der Waals surface area contributed by atoms with E-state index in [1.54, 1.807) is 60.6 Å². The number of carboxylic acids is 1. The number of esters is 5. The zero-order chi connectivity index (χ0) is 87.8. The summed E-state index contributed by atoms with van der Waals surface area (Å²) in [7, 11) is 0. The highest BCUT2D eigenvalue weighted by atomic mass is 35.6. The lowest BCUT2D eigenvalue weighted by Crippen LogP contribution is -2.60. The van der Waals surface area contributed by atoms with Crippen LogP contribution >= 0.6 is 69.6 Å². The molecule has 652 valence electrons. The van der Waals surface area contributed by atoms with E-state index in [0.29, 0.717) is 89.4 Å². The number of fused-ring (bicyclic) bond motifs is 2. The first-order chi connectivity index (χ1) is 55.1. The van der Waals surface area contributed by atoms with Gasteiger partial charge in [-0.2, -0.15) is 0 Å². The van der Waals surface area contributed by atoms with E-state index in [9.17, 15) is 52.7 Å². The van der Waals surface area contributed by atoms with Gasteiger partial charge in [-0.25, -0.2) is 20.8 Å². The van der Waals surface area contributed by atoms with Gasteiger partial charge >= 0.3 is 35.8 Å². The Kier molecular flexibility index (Phi) is 38.4. The monoisotopic (exact) mass is 1760 g/mol. The average Bonchev–Trinajstić information content (AvgIpc) is 0.839. The van der Waals surface area contributed by atoms with Gasteiger partial charge in [-0.3, -0.25) is 62.8 Å². The van der Waals surface area contributed by atoms with Crippen LogP contribution in [0.3, 0.4) is 0 Å². The summed E-state index contributed by atoms with van der Waals surface area (Å²) in [6, 6.07) is 15.6. The molecule has 0 saturated carbocycles. The summed E-state index contributed by atoms with van der Waals surface area (Å²) in [5.41, 5.74) is 7.83. The average molecular weight is 1770 g/mol. The second-order valence-corrected chi connectivity index (χ2v) is 38.2. The lowest BCUT2D eigenvalue weighted by Gasteiger charge is -2.36. The number of benzene rings is 2. The van der Waals surface area contributed by atoms with Crippen molar-refractivity contribution in [2.45, 2.75) is 230 Å². The molecule has 27 nitrogen and oxygen atoms in total. The zero-order valence-electron chi connectivity index (χ0n) is 70.0. The molecule has 8 atom stereocenters. The Hall–Kier alpha value is -7.31. The zero-order valence-corrected chi connectivity index (χ0v) is 74.5. The molecule has 118 heavy (non-hydrogen) atoms. The van der Waals surface area contributed by atoms with Gasteiger partial charge in [-0.1, -0.05) is 158 Å². The first-order valence-corrected chi connectivity index (χ1v) is 42.2. The number of hydrogen-bond donors (Lipinski definition) is 5. The van der Waals surface area contributed by atoms with E-state index in [2.05, 4.69) is 31.5 Å². The largest absolute Gasteiger partial charge is 0.481 e. The fourth-order valence-corrected chi connectivity index (χ4v) is 13.7. The van der Waals surface area contributed by atoms with Crippen molar-refractivity contribution in [2.24, 2.45) is 46.3 Å². The molecule has 4 aliphatic heterocycles. The molecule has 5 N–H and O–H groups in total. The number of rotatable bonds is 30. The van der Waals surface area contributed by atoms with Crippen LogP contribution in [0.4, 0.5) is 0 Å². The molecule has 4 amide bonds. The Labute approximate surface area is 721 Å². The van der Waals surface area contributed by atoms with E-state index in [4.69, 9.17) is 108 Å². The minimum Gasteiger partial charge on any atom is -0.481 e. The van der Waals surface area contributed by atoms with Crippen molar-refractivity contribution in [1.29, 1.82) is 0 Å². The van der Waals surface area contributed by atoms with Gasteiger partial charge < -0.3 is 48.9 Å². The Morgan fingerprint density at radius 3 is 1.27 bits per heavy atom. The fourth-order valence-electron chi connectivity index (χ4n) is 13.4. The van der Waals surface area contributed by atoms with Crippen molar-refractivity contribution in [3.63, 3.8) is 0 Å². The minimum absolute atomic E-state index is 0.0330. The lowest BCUT2D eigenvalue weighted by molar-refractivity contribution is -0.158. The number of halogens is 6. The summed E-state index contributed by atoms with van der Waals surface area (Å²) >= 11 is 34.3. The number of aromatic nitrogens is 2. The summed E-state index contributed by atoms with van der Waals surface area (Å²) in [6.45, 7) is 28.1. The summed E-state index contributed by atoms with van der Waals surface area (Å²) in [4.78, 5) is 150. The minimum atomic E-state index is -1.77. The Bertz CT molecular complexity index is 4190. The van der Waals surface area contributed by atoms with E-state index < -0.39 is 115 Å². The van der Waals surface area contributed by atoms with Gasteiger partial charge in [0, 0.05) is 81.9 Å². The standard InChI is InChI=1S/C40H53Cl3N4O8.C26H42Cl3N3O7.C19H21NO4/c1-24(2)30(22-35(49)39(5,6)16-13-27-9-10-29-11-12-31(44-33(29)20-27)25(3)55-26(4)48)36(50)45-34(21-28-14-18-53-19-15-28)37(51)47-17-7-8-32(46-47)38(52)54-23-40(41,42)43;1-16(2)18(14-21(33)39-25(3,4)5)22(34)30-20(13-17-8-11-37-12-9-17)23(35)32-10-6-7-19(31-32)24(36)38-15-26(27,28)29;1-12(24-13(2)21)16-8-7-15-6-5-14(11-17(15)20-16)9-10-19(3,4)18(22)23/h9-13,16,20,24-25,28,30,32,34,46H,7-8,14-15,17-19,21-23H2,1-6H3,(H,45,50);16-20,31H,6-15H2,1-5H3,(H,30,34);5-12H,1-4H3,(H,22,23)/b16-13+;;10-9+/t25-,30+,32+,34?;18-,19-,20?;12-/m101/s1. The van der Waals surface area contributed by atoms with Crippen LogP contribution in [0.1, 0.15) is 216 Å². The molecule has 0 bridgehead atoms. The molecule has 33 heteroatoms. The SMILES string of the molecule is CC(=O)O[C@H](C)c1ccc2ccc(/C=C/C(C)(C)C(=O)C[C@H](C(=O)NC(CC3CCOCC3)C(=O)N3CCC[C@@H](C(=O)OCC(Cl)(Cl)Cl)N3)C(C)C)cc2n1.CC(=O)O[C@H](C)c1ccc2ccc(/C=C/C(C)(C)C(=O)O)cc2n1.CC(C)[C@H](CC(=O)OC(C)(C)C)C(=O)NC(CC1CCOCC1)C(=O)N1CCC[C@@H](C(=O)OCC(Cl)(Cl)Cl)N1. The normalized spacial score (nSPS) is 18.3. The molecule has 4 aliphatic rings. The van der Waals surface area contributed by atoms with Gasteiger partial charge in [0.1, 0.15) is 61.0 Å². The number of allylic oxidation sites excluding steroid dienone is 1. The van der Waals surface area contributed by atoms with Crippen LogP contribution in [0.5, 0.6) is 0 Å². The smallest absolute Gasteiger partial charge is 0.325 e. The number of hydrogen-bond acceptors (Lipinski definition) is 22. The number of ketones is 1. The second kappa shape index (κ2) is 45.5. The topological polar surface area (TPSA) is 353 Å². The van der Waals surface area contributed by atoms with Crippen LogP contribution in [0.2, 0.25) is 0 Å². The van der Waals surface area contributed by atoms with Crippen LogP contribution in [-0.4, -0.2) is 180 Å². The molecule has 0 radical (unpaired) electrons. The number of aliphatic carboxylic acids is 1. The number of carbonyl (C=O) groups is 11. The Morgan fingerprint density at radius 1 is 0.542 bits per heavy atom. The maximum atomic E-state index is 14.1. The highest BCUT2D eigenvalue weighted by molar-refractivity contribution is 6.68. The maximum Gasteiger partial charge on any atom is 0.325 e. The van der Waals surface area contributed by atoms with Crippen molar-refractivity contribution >= 4 is 169 Å². The molecular formula is C85H116Cl6N8O19. The third kappa shape index (κ3) is 33.6. The van der Waals surface area contributed by atoms with Crippen LogP contribution in [0.25, 0.3) is 34.0 Å². The Morgan fingerprint density at radius 2 is 0.915 bits per heavy atom. The molecular weight excluding hydrogens is 1650 g/mol. The third-order valence-electron chi connectivity index (χ3n) is 20.4. The first kappa shape index (κ1) is 99.5. The number of carboxylic acid groups (broad SMARTS) is 1. The van der Waals surface area contributed by atoms with Crippen LogP contribution in [-0.2, 0) is 85.9 Å². The number of nitrogens with one attached hydrogen (secondary N) is 4. The van der Waals surface area contributed by atoms with Crippen LogP contribution in [0.15, 0.2) is 72.8 Å². The van der Waals surface area contributed by atoms with Crippen molar-refractivity contribution in [3.05, 3.63) is 95.3 Å². The third-order valence-corrected chi connectivity index (χ3v) is 21.1. The van der Waals surface area contributed by atoms with E-state index >= 15 is 0 Å². The molecule has 2 aromatic heterocycles. The summed E-state index contributed by atoms with van der Waals surface area (Å²) < 4.78 is 33.6. The van der Waals surface area contributed by atoms with Crippen molar-refractivity contribution in [3.8, 4) is 0 Å². The van der Waals surface area contributed by atoms with Crippen molar-refractivity contribution in [2.75, 3.05) is 52.7 Å². The van der Waals surface area contributed by atoms with Gasteiger partial charge in [-0.05, 0) is 186 Å². The molecule has 8 rings (SSSR count). The van der Waals surface area contributed by atoms with Gasteiger partial charge in [-0.15, -0.1) is 0 Å². The quantitative estimate of drug-likeness (QED) is 0.0184. The number of hydrazine groups is 2. The molecule has 4 fully saturated rings. The van der Waals surface area contributed by atoms with E-state index in [1.165, 1.54) is 23.9 Å². The number of alkyl halides is 6. The highest BCUT2D eigenvalue weighted by Crippen LogP contribution is 2.33. The number of Topliss-reactive ketones (excluding diaryl/α,β-unsaturated/α-hetero) is 1. The molecule has 2 unspecified atom stereocenters. The second-order valence-electron chi connectivity index (χ2n) is 33.2. The van der Waals surface area contributed by atoms with Crippen molar-refractivity contribution < 1.29 is 91.0 Å². The number of carbonyl (C=O) groups excluding carboxylic acids is 10. The number of pyridine rings is 2. The molecule has 2 aromatic carbocycles. The van der Waals surface area contributed by atoms with Gasteiger partial charge in [0.2, 0.25) is 19.4 Å². The first-order valence-electron chi connectivity index (χ1n) is 40.0. The highest BCUT2D eigenvalue weighted by Gasteiger charge is 2.41. The molecule has 4 saturated heterocycles. The predicted molar refractivity (Wildman–Crippen MR) is 452 cm³/mol. The number of ether oxygens (including phenoxy) is 7. The summed E-state index contributed by atoms with van der Waals surface area (Å²) in [5.74, 6) is -6.48. The maximum absolute atomic E-state index is 14.1. The van der Waals surface area contributed by atoms with Crippen LogP contribution in [0, 0.1) is 46.3 Å². The fraction of sp³-hybridized carbons (Fsp3) is 0.612. The van der Waals surface area contributed by atoms with Gasteiger partial charge in [0.05, 0.1) is 40.2 Å². The van der Waals surface area contributed by atoms with E-state index in [0.717, 1.165) is 58.6 Å². The predicted octanol–water partition coefficient (Wildman–Crippen LogP) is 14.5.